The van der Waals surface area contributed by atoms with Crippen LogP contribution < -0.4 is 0 Å². The molecule has 2 aromatic heterocycles. The molecule has 2 nitrogen and oxygen atoms in total. The normalized spacial score (nSPS) is 11.4. The van der Waals surface area contributed by atoms with Crippen molar-refractivity contribution in [3.05, 3.63) is 133 Å². The predicted octanol–water partition coefficient (Wildman–Crippen LogP) is 8.64. The second kappa shape index (κ2) is 7.96. The lowest BCUT2D eigenvalue weighted by Crippen LogP contribution is -1.95. The third-order valence-electron chi connectivity index (χ3n) is 6.75. The molecule has 0 bridgehead atoms. The van der Waals surface area contributed by atoms with Crippen LogP contribution in [0, 0.1) is 0 Å². The summed E-state index contributed by atoms with van der Waals surface area (Å²) in [6.45, 7) is 0. The van der Waals surface area contributed by atoms with Gasteiger partial charge in [-0.15, -0.1) is 0 Å². The first-order chi connectivity index (χ1) is 17.3. The van der Waals surface area contributed by atoms with Gasteiger partial charge in [-0.25, -0.2) is 4.98 Å². The van der Waals surface area contributed by atoms with Crippen molar-refractivity contribution in [1.29, 1.82) is 0 Å². The number of rotatable bonds is 3. The van der Waals surface area contributed by atoms with Gasteiger partial charge >= 0.3 is 0 Å². The third-order valence-corrected chi connectivity index (χ3v) is 6.75. The van der Waals surface area contributed by atoms with E-state index in [4.69, 9.17) is 4.98 Å². The summed E-state index contributed by atoms with van der Waals surface area (Å²) in [6.07, 6.45) is 0. The Kier molecular flexibility index (Phi) is 4.49. The Morgan fingerprint density at radius 3 is 1.77 bits per heavy atom. The van der Waals surface area contributed by atoms with Crippen molar-refractivity contribution in [2.75, 3.05) is 0 Å². The molecule has 0 aliphatic heterocycles. The smallest absolute Gasteiger partial charge is 0.0951 e. The van der Waals surface area contributed by atoms with E-state index in [1.165, 1.54) is 33.2 Å². The first-order valence-electron chi connectivity index (χ1n) is 11.9. The molecule has 0 amide bonds. The monoisotopic (exact) mass is 446 g/mol. The maximum atomic E-state index is 5.15. The fourth-order valence-corrected chi connectivity index (χ4v) is 5.08. The Hall–Kier alpha value is -4.69. The third kappa shape index (κ3) is 3.31. The fraction of sp³-hybridized carbons (Fsp3) is 0. The predicted molar refractivity (Wildman–Crippen MR) is 147 cm³/mol. The van der Waals surface area contributed by atoms with Crippen molar-refractivity contribution >= 4 is 27.5 Å². The number of hydrogen-bond acceptors (Lipinski definition) is 1. The molecule has 35 heavy (non-hydrogen) atoms. The van der Waals surface area contributed by atoms with Crippen molar-refractivity contribution in [3.63, 3.8) is 0 Å². The Morgan fingerprint density at radius 2 is 0.971 bits per heavy atom. The van der Waals surface area contributed by atoms with E-state index in [0.717, 1.165) is 27.8 Å². The molecule has 5 aromatic carbocycles. The standard InChI is InChI=1S/C33H22N2/c1-2-10-23(11-3-1)24-13-8-14-25(20-24)26-15-9-16-28(21-26)33-32-22-27-12-4-6-18-30(27)35(32)31-19-7-5-17-29(31)34-33/h1-22H. The molecule has 2 heterocycles. The lowest BCUT2D eigenvalue weighted by molar-refractivity contribution is 1.27. The van der Waals surface area contributed by atoms with Gasteiger partial charge in [0.05, 0.1) is 27.8 Å². The molecule has 2 heteroatoms. The van der Waals surface area contributed by atoms with E-state index in [1.54, 1.807) is 0 Å². The van der Waals surface area contributed by atoms with Crippen molar-refractivity contribution in [2.24, 2.45) is 0 Å². The van der Waals surface area contributed by atoms with Crippen LogP contribution in [0.3, 0.4) is 0 Å². The number of nitrogens with zero attached hydrogens (tertiary/aromatic N) is 2. The molecular formula is C33H22N2. The second-order valence-electron chi connectivity index (χ2n) is 8.90. The SMILES string of the molecule is c1ccc(-c2cccc(-c3cccc(-c4nc5ccccc5n5c4cc4ccccc45)c3)c2)cc1. The highest BCUT2D eigenvalue weighted by atomic mass is 14.9. The van der Waals surface area contributed by atoms with Crippen LogP contribution in [0.2, 0.25) is 0 Å². The van der Waals surface area contributed by atoms with Gasteiger partial charge in [0.15, 0.2) is 0 Å². The Morgan fingerprint density at radius 1 is 0.400 bits per heavy atom. The summed E-state index contributed by atoms with van der Waals surface area (Å²) in [5.41, 5.74) is 11.4. The summed E-state index contributed by atoms with van der Waals surface area (Å²) >= 11 is 0. The van der Waals surface area contributed by atoms with E-state index >= 15 is 0 Å². The van der Waals surface area contributed by atoms with Crippen LogP contribution in [0.15, 0.2) is 133 Å². The number of para-hydroxylation sites is 3. The van der Waals surface area contributed by atoms with E-state index in [2.05, 4.69) is 138 Å². The van der Waals surface area contributed by atoms with E-state index in [0.29, 0.717) is 0 Å². The maximum absolute atomic E-state index is 5.15. The molecule has 164 valence electrons. The van der Waals surface area contributed by atoms with Gasteiger partial charge in [0.2, 0.25) is 0 Å². The summed E-state index contributed by atoms with van der Waals surface area (Å²) in [7, 11) is 0. The average molecular weight is 447 g/mol. The van der Waals surface area contributed by atoms with Gasteiger partial charge < -0.3 is 4.40 Å². The summed E-state index contributed by atoms with van der Waals surface area (Å²) in [5.74, 6) is 0. The zero-order chi connectivity index (χ0) is 23.2. The van der Waals surface area contributed by atoms with Crippen LogP contribution >= 0.6 is 0 Å². The van der Waals surface area contributed by atoms with Gasteiger partial charge in [-0.05, 0) is 58.7 Å². The van der Waals surface area contributed by atoms with E-state index < -0.39 is 0 Å². The van der Waals surface area contributed by atoms with Crippen LogP contribution in [0.5, 0.6) is 0 Å². The Balaban J connectivity index is 1.44. The molecule has 0 unspecified atom stereocenters. The molecule has 0 saturated carbocycles. The van der Waals surface area contributed by atoms with Gasteiger partial charge in [-0.3, -0.25) is 0 Å². The highest BCUT2D eigenvalue weighted by molar-refractivity contribution is 5.98. The van der Waals surface area contributed by atoms with E-state index in [-0.39, 0.29) is 0 Å². The molecule has 0 fully saturated rings. The number of hydrogen-bond donors (Lipinski definition) is 0. The quantitative estimate of drug-likeness (QED) is 0.265. The minimum atomic E-state index is 0.993. The second-order valence-corrected chi connectivity index (χ2v) is 8.90. The largest absolute Gasteiger partial charge is 0.306 e. The van der Waals surface area contributed by atoms with Crippen LogP contribution in [0.1, 0.15) is 0 Å². The van der Waals surface area contributed by atoms with Crippen LogP contribution in [-0.2, 0) is 0 Å². The van der Waals surface area contributed by atoms with Gasteiger partial charge in [-0.2, -0.15) is 0 Å². The number of fused-ring (bicyclic) bond motifs is 5. The molecule has 0 radical (unpaired) electrons. The Labute approximate surface area is 203 Å². The number of aromatic nitrogens is 2. The number of benzene rings is 5. The topological polar surface area (TPSA) is 17.3 Å². The maximum Gasteiger partial charge on any atom is 0.0951 e. The highest BCUT2D eigenvalue weighted by Gasteiger charge is 2.14. The lowest BCUT2D eigenvalue weighted by atomic mass is 9.97. The molecule has 7 aromatic rings. The van der Waals surface area contributed by atoms with Crippen LogP contribution in [0.25, 0.3) is 61.0 Å². The van der Waals surface area contributed by atoms with Crippen LogP contribution in [0.4, 0.5) is 0 Å². The van der Waals surface area contributed by atoms with Gasteiger partial charge in [0.1, 0.15) is 0 Å². The first kappa shape index (κ1) is 19.7. The summed E-state index contributed by atoms with van der Waals surface area (Å²) in [6, 6.07) is 47.2. The molecule has 7 rings (SSSR count). The molecule has 0 aliphatic carbocycles. The van der Waals surface area contributed by atoms with Crippen molar-refractivity contribution in [3.8, 4) is 33.5 Å². The van der Waals surface area contributed by atoms with Gasteiger partial charge in [-0.1, -0.05) is 97.1 Å². The summed E-state index contributed by atoms with van der Waals surface area (Å²) in [4.78, 5) is 5.15. The zero-order valence-corrected chi connectivity index (χ0v) is 19.1. The van der Waals surface area contributed by atoms with Gasteiger partial charge in [0, 0.05) is 10.9 Å². The molecule has 0 atom stereocenters. The van der Waals surface area contributed by atoms with Gasteiger partial charge in [0.25, 0.3) is 0 Å². The highest BCUT2D eigenvalue weighted by Crippen LogP contribution is 2.34. The lowest BCUT2D eigenvalue weighted by Gasteiger charge is -2.11. The molecule has 0 saturated heterocycles. The zero-order valence-electron chi connectivity index (χ0n) is 19.1. The molecule has 0 aliphatic rings. The average Bonchev–Trinajstić information content (AvgIpc) is 3.33. The van der Waals surface area contributed by atoms with Crippen molar-refractivity contribution < 1.29 is 0 Å². The van der Waals surface area contributed by atoms with E-state index in [9.17, 15) is 0 Å². The first-order valence-corrected chi connectivity index (χ1v) is 11.9. The molecule has 0 spiro atoms. The minimum absolute atomic E-state index is 0.993. The van der Waals surface area contributed by atoms with Crippen molar-refractivity contribution in [1.82, 2.24) is 9.38 Å². The fourth-order valence-electron chi connectivity index (χ4n) is 5.08. The molecular weight excluding hydrogens is 424 g/mol. The molecule has 0 N–H and O–H groups in total. The minimum Gasteiger partial charge on any atom is -0.306 e. The summed E-state index contributed by atoms with van der Waals surface area (Å²) in [5, 5.41) is 1.22. The van der Waals surface area contributed by atoms with Crippen LogP contribution in [-0.4, -0.2) is 9.38 Å². The summed E-state index contributed by atoms with van der Waals surface area (Å²) < 4.78 is 2.34. The van der Waals surface area contributed by atoms with Crippen molar-refractivity contribution in [2.45, 2.75) is 0 Å². The van der Waals surface area contributed by atoms with E-state index in [1.807, 2.05) is 0 Å². The Bertz CT molecular complexity index is 1840.